The number of thiophene rings is 1. The van der Waals surface area contributed by atoms with Crippen LogP contribution in [0.3, 0.4) is 0 Å². The highest BCUT2D eigenvalue weighted by Crippen LogP contribution is 2.35. The Morgan fingerprint density at radius 1 is 1.37 bits per heavy atom. The molecule has 0 fully saturated rings. The molecule has 3 aromatic rings. The minimum Gasteiger partial charge on any atom is -0.467 e. The summed E-state index contributed by atoms with van der Waals surface area (Å²) in [6, 6.07) is 5.56. The van der Waals surface area contributed by atoms with E-state index < -0.39 is 0 Å². The Kier molecular flexibility index (Phi) is 4.58. The lowest BCUT2D eigenvalue weighted by Crippen LogP contribution is -1.98. The second kappa shape index (κ2) is 6.01. The number of anilines is 1. The van der Waals surface area contributed by atoms with E-state index in [0.29, 0.717) is 16.7 Å². The van der Waals surface area contributed by atoms with E-state index in [1.807, 2.05) is 17.5 Å². The van der Waals surface area contributed by atoms with Gasteiger partial charge in [-0.15, -0.1) is 23.7 Å². The highest BCUT2D eigenvalue weighted by Gasteiger charge is 2.10. The van der Waals surface area contributed by atoms with Crippen LogP contribution in [0.15, 0.2) is 34.3 Å². The molecule has 0 radical (unpaired) electrons. The van der Waals surface area contributed by atoms with Gasteiger partial charge in [-0.3, -0.25) is 0 Å². The van der Waals surface area contributed by atoms with Gasteiger partial charge in [0.2, 0.25) is 0 Å². The molecule has 0 saturated heterocycles. The van der Waals surface area contributed by atoms with E-state index in [2.05, 4.69) is 10.3 Å². The molecular formula is C12H9Cl3N2OS. The van der Waals surface area contributed by atoms with Crippen LogP contribution in [-0.4, -0.2) is 4.98 Å². The lowest BCUT2D eigenvalue weighted by Gasteiger charge is -2.06. The van der Waals surface area contributed by atoms with Gasteiger partial charge >= 0.3 is 0 Å². The van der Waals surface area contributed by atoms with E-state index in [1.165, 1.54) is 0 Å². The molecule has 0 bridgehead atoms. The van der Waals surface area contributed by atoms with Crippen LogP contribution in [-0.2, 0) is 6.54 Å². The van der Waals surface area contributed by atoms with Gasteiger partial charge in [-0.25, -0.2) is 4.98 Å². The summed E-state index contributed by atoms with van der Waals surface area (Å²) in [5, 5.41) is 6.18. The van der Waals surface area contributed by atoms with E-state index in [4.69, 9.17) is 27.6 Å². The van der Waals surface area contributed by atoms with Crippen LogP contribution >= 0.6 is 46.9 Å². The molecule has 7 heteroatoms. The molecule has 0 unspecified atom stereocenters. The number of hydrogen-bond donors (Lipinski definition) is 1. The van der Waals surface area contributed by atoms with Gasteiger partial charge < -0.3 is 9.73 Å². The van der Waals surface area contributed by atoms with E-state index in [0.717, 1.165) is 21.7 Å². The minimum absolute atomic E-state index is 0. The van der Waals surface area contributed by atoms with Gasteiger partial charge in [0, 0.05) is 11.4 Å². The third-order valence-corrected chi connectivity index (χ3v) is 4.10. The van der Waals surface area contributed by atoms with Crippen LogP contribution in [0.1, 0.15) is 5.76 Å². The molecule has 0 saturated carbocycles. The van der Waals surface area contributed by atoms with Gasteiger partial charge in [-0.05, 0) is 12.1 Å². The summed E-state index contributed by atoms with van der Waals surface area (Å²) in [6.45, 7) is 0.595. The number of fused-ring (bicyclic) bond motifs is 1. The Bertz CT molecular complexity index is 682. The molecule has 3 heterocycles. The monoisotopic (exact) mass is 334 g/mol. The maximum absolute atomic E-state index is 6.06. The SMILES string of the molecule is Cl.Clc1cc(NCc2ccco2)c2scc(Cl)c2n1. The smallest absolute Gasteiger partial charge is 0.131 e. The number of rotatable bonds is 3. The Balaban J connectivity index is 0.00000133. The van der Waals surface area contributed by atoms with E-state index in [-0.39, 0.29) is 12.4 Å². The van der Waals surface area contributed by atoms with Gasteiger partial charge in [0.05, 0.1) is 28.2 Å². The van der Waals surface area contributed by atoms with Gasteiger partial charge in [0.25, 0.3) is 0 Å². The van der Waals surface area contributed by atoms with Crippen molar-refractivity contribution in [2.24, 2.45) is 0 Å². The van der Waals surface area contributed by atoms with Crippen molar-refractivity contribution in [3.05, 3.63) is 45.8 Å². The van der Waals surface area contributed by atoms with Gasteiger partial charge in [0.15, 0.2) is 0 Å². The largest absolute Gasteiger partial charge is 0.467 e. The fourth-order valence-electron chi connectivity index (χ4n) is 1.68. The molecule has 0 aliphatic carbocycles. The van der Waals surface area contributed by atoms with E-state index >= 15 is 0 Å². The van der Waals surface area contributed by atoms with Gasteiger partial charge in [-0.1, -0.05) is 23.2 Å². The fraction of sp³-hybridized carbons (Fsp3) is 0.0833. The summed E-state index contributed by atoms with van der Waals surface area (Å²) in [5.74, 6) is 0.860. The van der Waals surface area contributed by atoms with Crippen molar-refractivity contribution in [1.82, 2.24) is 4.98 Å². The molecule has 0 spiro atoms. The van der Waals surface area contributed by atoms with Crippen molar-refractivity contribution in [2.75, 3.05) is 5.32 Å². The van der Waals surface area contributed by atoms with E-state index in [9.17, 15) is 0 Å². The zero-order chi connectivity index (χ0) is 12.5. The highest BCUT2D eigenvalue weighted by atomic mass is 35.5. The average molecular weight is 336 g/mol. The summed E-state index contributed by atoms with van der Waals surface area (Å²) in [4.78, 5) is 4.22. The van der Waals surface area contributed by atoms with E-state index in [1.54, 1.807) is 23.7 Å². The first-order valence-corrected chi connectivity index (χ1v) is 6.87. The lowest BCUT2D eigenvalue weighted by atomic mass is 10.3. The second-order valence-electron chi connectivity index (χ2n) is 3.69. The summed E-state index contributed by atoms with van der Waals surface area (Å²) in [5.41, 5.74) is 1.65. The molecule has 1 N–H and O–H groups in total. The summed E-state index contributed by atoms with van der Waals surface area (Å²) in [7, 11) is 0. The number of furan rings is 1. The highest BCUT2D eigenvalue weighted by molar-refractivity contribution is 7.18. The Morgan fingerprint density at radius 2 is 2.21 bits per heavy atom. The molecule has 0 aromatic carbocycles. The minimum atomic E-state index is 0. The quantitative estimate of drug-likeness (QED) is 0.666. The molecule has 3 nitrogen and oxygen atoms in total. The summed E-state index contributed by atoms with van der Waals surface area (Å²) in [6.07, 6.45) is 1.65. The standard InChI is InChI=1S/C12H8Cl2N2OS.ClH/c13-8-6-18-12-9(4-10(14)16-11(8)12)15-5-7-2-1-3-17-7;/h1-4,6H,5H2,(H,15,16);1H. The number of nitrogens with one attached hydrogen (secondary N) is 1. The first-order chi connectivity index (χ1) is 8.74. The zero-order valence-electron chi connectivity index (χ0n) is 9.52. The molecule has 0 aliphatic heterocycles. The molecule has 100 valence electrons. The van der Waals surface area contributed by atoms with Crippen molar-refractivity contribution in [2.45, 2.75) is 6.54 Å². The predicted molar refractivity (Wildman–Crippen MR) is 82.9 cm³/mol. The molecular weight excluding hydrogens is 327 g/mol. The predicted octanol–water partition coefficient (Wildman–Crippen LogP) is 5.23. The van der Waals surface area contributed by atoms with Crippen LogP contribution < -0.4 is 5.32 Å². The molecule has 19 heavy (non-hydrogen) atoms. The number of pyridine rings is 1. The van der Waals surface area contributed by atoms with Crippen molar-refractivity contribution in [3.63, 3.8) is 0 Å². The third-order valence-electron chi connectivity index (χ3n) is 2.48. The second-order valence-corrected chi connectivity index (χ2v) is 5.36. The van der Waals surface area contributed by atoms with Crippen LogP contribution in [0.25, 0.3) is 10.2 Å². The molecule has 3 aromatic heterocycles. The number of halogens is 3. The van der Waals surface area contributed by atoms with Gasteiger partial charge in [-0.2, -0.15) is 0 Å². The number of nitrogens with zero attached hydrogens (tertiary/aromatic N) is 1. The zero-order valence-corrected chi connectivity index (χ0v) is 12.7. The topological polar surface area (TPSA) is 38.1 Å². The third kappa shape index (κ3) is 2.98. The normalized spacial score (nSPS) is 10.4. The van der Waals surface area contributed by atoms with Crippen LogP contribution in [0.2, 0.25) is 10.2 Å². The fourth-order valence-corrected chi connectivity index (χ4v) is 3.05. The van der Waals surface area contributed by atoms with Crippen molar-refractivity contribution in [1.29, 1.82) is 0 Å². The van der Waals surface area contributed by atoms with Crippen molar-refractivity contribution >= 4 is 62.8 Å². The first-order valence-electron chi connectivity index (χ1n) is 5.23. The molecule has 3 rings (SSSR count). The summed E-state index contributed by atoms with van der Waals surface area (Å²) < 4.78 is 6.27. The lowest BCUT2D eigenvalue weighted by molar-refractivity contribution is 0.518. The number of aromatic nitrogens is 1. The molecule has 0 aliphatic rings. The van der Waals surface area contributed by atoms with Crippen molar-refractivity contribution in [3.8, 4) is 0 Å². The maximum Gasteiger partial charge on any atom is 0.131 e. The Hall–Kier alpha value is -0.940. The molecule has 0 amide bonds. The average Bonchev–Trinajstić information content (AvgIpc) is 2.97. The first kappa shape index (κ1) is 14.5. The molecule has 0 atom stereocenters. The van der Waals surface area contributed by atoms with Crippen LogP contribution in [0, 0.1) is 0 Å². The Labute approximate surface area is 129 Å². The van der Waals surface area contributed by atoms with Crippen LogP contribution in [0.5, 0.6) is 0 Å². The number of hydrogen-bond acceptors (Lipinski definition) is 4. The van der Waals surface area contributed by atoms with Gasteiger partial charge in [0.1, 0.15) is 16.4 Å². The maximum atomic E-state index is 6.06. The van der Waals surface area contributed by atoms with Crippen molar-refractivity contribution < 1.29 is 4.42 Å². The Morgan fingerprint density at radius 3 is 2.95 bits per heavy atom. The van der Waals surface area contributed by atoms with Crippen LogP contribution in [0.4, 0.5) is 5.69 Å². The summed E-state index contributed by atoms with van der Waals surface area (Å²) >= 11 is 13.6.